The van der Waals surface area contributed by atoms with Gasteiger partial charge in [0, 0.05) is 23.5 Å². The molecule has 0 saturated carbocycles. The lowest BCUT2D eigenvalue weighted by molar-refractivity contribution is 0.0699. The second-order valence-electron chi connectivity index (χ2n) is 8.20. The van der Waals surface area contributed by atoms with E-state index < -0.39 is 9.84 Å². The number of carbonyl (C=O) groups excluding carboxylic acids is 1. The van der Waals surface area contributed by atoms with Gasteiger partial charge in [0.1, 0.15) is 0 Å². The van der Waals surface area contributed by atoms with Crippen molar-refractivity contribution in [3.8, 4) is 22.8 Å². The Bertz CT molecular complexity index is 1290. The van der Waals surface area contributed by atoms with Gasteiger partial charge in [-0.1, -0.05) is 25.1 Å². The van der Waals surface area contributed by atoms with Gasteiger partial charge in [-0.15, -0.1) is 0 Å². The van der Waals surface area contributed by atoms with Gasteiger partial charge in [-0.3, -0.25) is 4.79 Å². The van der Waals surface area contributed by atoms with Crippen LogP contribution in [0.4, 0.5) is 0 Å². The summed E-state index contributed by atoms with van der Waals surface area (Å²) in [5, 5.41) is 0.744. The van der Waals surface area contributed by atoms with Gasteiger partial charge < -0.3 is 14.4 Å². The number of hydrogen-bond acceptors (Lipinski definition) is 6. The molecule has 7 nitrogen and oxygen atoms in total. The third-order valence-corrected chi connectivity index (χ3v) is 7.75. The third-order valence-electron chi connectivity index (χ3n) is 6.00. The number of pyridine rings is 1. The number of para-hydroxylation sites is 1. The number of methoxy groups -OCH3 is 2. The van der Waals surface area contributed by atoms with Gasteiger partial charge >= 0.3 is 0 Å². The van der Waals surface area contributed by atoms with Crippen molar-refractivity contribution in [2.24, 2.45) is 0 Å². The van der Waals surface area contributed by atoms with Gasteiger partial charge in [0.15, 0.2) is 21.3 Å². The standard InChI is InChI=1S/C25H28N2O5S/c1-4-12-27(18-11-13-33(29,30)16-18)25(28)20-15-22(26-21-8-6-5-7-19(20)21)17-9-10-23(31-2)24(14-17)32-3/h5-10,14-15,18H,4,11-13,16H2,1-3H3. The van der Waals surface area contributed by atoms with Crippen LogP contribution in [-0.2, 0) is 9.84 Å². The average molecular weight is 469 g/mol. The third kappa shape index (κ3) is 4.66. The van der Waals surface area contributed by atoms with Crippen LogP contribution >= 0.6 is 0 Å². The summed E-state index contributed by atoms with van der Waals surface area (Å²) >= 11 is 0. The van der Waals surface area contributed by atoms with Gasteiger partial charge in [-0.25, -0.2) is 13.4 Å². The molecule has 0 aliphatic carbocycles. The van der Waals surface area contributed by atoms with E-state index in [1.165, 1.54) is 0 Å². The number of fused-ring (bicyclic) bond motifs is 1. The Morgan fingerprint density at radius 3 is 2.52 bits per heavy atom. The number of ether oxygens (including phenoxy) is 2. The molecule has 4 rings (SSSR count). The summed E-state index contributed by atoms with van der Waals surface area (Å²) in [6.07, 6.45) is 1.22. The van der Waals surface area contributed by atoms with E-state index in [4.69, 9.17) is 14.5 Å². The number of aromatic nitrogens is 1. The zero-order chi connectivity index (χ0) is 23.6. The molecule has 0 spiro atoms. The van der Waals surface area contributed by atoms with Gasteiger partial charge in [0.25, 0.3) is 5.91 Å². The second kappa shape index (κ2) is 9.39. The zero-order valence-corrected chi connectivity index (χ0v) is 19.9. The number of nitrogens with zero attached hydrogens (tertiary/aromatic N) is 2. The Balaban J connectivity index is 1.82. The minimum Gasteiger partial charge on any atom is -0.493 e. The van der Waals surface area contributed by atoms with Crippen molar-refractivity contribution in [2.75, 3.05) is 32.3 Å². The Morgan fingerprint density at radius 2 is 1.85 bits per heavy atom. The summed E-state index contributed by atoms with van der Waals surface area (Å²) in [6, 6.07) is 14.5. The second-order valence-corrected chi connectivity index (χ2v) is 10.4. The molecule has 2 heterocycles. The highest BCUT2D eigenvalue weighted by Gasteiger charge is 2.35. The van der Waals surface area contributed by atoms with Crippen molar-refractivity contribution in [2.45, 2.75) is 25.8 Å². The van der Waals surface area contributed by atoms with E-state index in [0.717, 1.165) is 17.4 Å². The molecule has 1 fully saturated rings. The number of carbonyl (C=O) groups is 1. The van der Waals surface area contributed by atoms with Crippen LogP contribution in [0.3, 0.4) is 0 Å². The van der Waals surface area contributed by atoms with E-state index in [2.05, 4.69) is 0 Å². The van der Waals surface area contributed by atoms with Crippen LogP contribution in [0.25, 0.3) is 22.2 Å². The first-order valence-electron chi connectivity index (χ1n) is 11.0. The van der Waals surface area contributed by atoms with E-state index in [-0.39, 0.29) is 23.5 Å². The molecule has 33 heavy (non-hydrogen) atoms. The van der Waals surface area contributed by atoms with Crippen molar-refractivity contribution < 1.29 is 22.7 Å². The molecule has 1 aliphatic heterocycles. The Kier molecular flexibility index (Phi) is 6.56. The maximum Gasteiger partial charge on any atom is 0.254 e. The zero-order valence-electron chi connectivity index (χ0n) is 19.1. The predicted molar refractivity (Wildman–Crippen MR) is 129 cm³/mol. The SMILES string of the molecule is CCCN(C(=O)c1cc(-c2ccc(OC)c(OC)c2)nc2ccccc12)C1CCS(=O)(=O)C1. The molecule has 0 radical (unpaired) electrons. The van der Waals surface area contributed by atoms with Crippen molar-refractivity contribution in [1.29, 1.82) is 0 Å². The van der Waals surface area contributed by atoms with Gasteiger partial charge in [0.05, 0.1) is 42.5 Å². The molecular weight excluding hydrogens is 440 g/mol. The molecule has 1 saturated heterocycles. The normalized spacial score (nSPS) is 17.1. The van der Waals surface area contributed by atoms with E-state index in [1.54, 1.807) is 31.3 Å². The molecular formula is C25H28N2O5S. The summed E-state index contributed by atoms with van der Waals surface area (Å²) in [6.45, 7) is 2.49. The van der Waals surface area contributed by atoms with Crippen LogP contribution < -0.4 is 9.47 Å². The Morgan fingerprint density at radius 1 is 1.09 bits per heavy atom. The number of rotatable bonds is 7. The predicted octanol–water partition coefficient (Wildman–Crippen LogP) is 3.96. The minimum atomic E-state index is -3.11. The lowest BCUT2D eigenvalue weighted by atomic mass is 10.0. The van der Waals surface area contributed by atoms with Gasteiger partial charge in [0.2, 0.25) is 0 Å². The molecule has 1 unspecified atom stereocenters. The molecule has 1 amide bonds. The van der Waals surface area contributed by atoms with Crippen molar-refractivity contribution in [3.05, 3.63) is 54.1 Å². The smallest absolute Gasteiger partial charge is 0.254 e. The number of hydrogen-bond donors (Lipinski definition) is 0. The highest BCUT2D eigenvalue weighted by atomic mass is 32.2. The fourth-order valence-corrected chi connectivity index (χ4v) is 6.09. The molecule has 0 bridgehead atoms. The number of benzene rings is 2. The molecule has 3 aromatic rings. The Labute approximate surface area is 194 Å². The monoisotopic (exact) mass is 468 g/mol. The first-order valence-corrected chi connectivity index (χ1v) is 12.8. The van der Waals surface area contributed by atoms with Crippen LogP contribution in [0, 0.1) is 0 Å². The summed E-state index contributed by atoms with van der Waals surface area (Å²) in [7, 11) is 0.0351. The van der Waals surface area contributed by atoms with Crippen molar-refractivity contribution in [3.63, 3.8) is 0 Å². The lowest BCUT2D eigenvalue weighted by Gasteiger charge is -2.28. The van der Waals surface area contributed by atoms with Gasteiger partial charge in [-0.05, 0) is 43.2 Å². The Hall–Kier alpha value is -3.13. The van der Waals surface area contributed by atoms with Gasteiger partial charge in [-0.2, -0.15) is 0 Å². The van der Waals surface area contributed by atoms with Crippen LogP contribution in [0.15, 0.2) is 48.5 Å². The topological polar surface area (TPSA) is 85.8 Å². The molecule has 2 aromatic carbocycles. The number of amides is 1. The molecule has 1 aromatic heterocycles. The highest BCUT2D eigenvalue weighted by molar-refractivity contribution is 7.91. The van der Waals surface area contributed by atoms with Crippen LogP contribution in [-0.4, -0.2) is 62.5 Å². The van der Waals surface area contributed by atoms with E-state index in [9.17, 15) is 13.2 Å². The molecule has 0 N–H and O–H groups in total. The lowest BCUT2D eigenvalue weighted by Crippen LogP contribution is -2.41. The van der Waals surface area contributed by atoms with Crippen LogP contribution in [0.5, 0.6) is 11.5 Å². The minimum absolute atomic E-state index is 0.0181. The van der Waals surface area contributed by atoms with Crippen molar-refractivity contribution in [1.82, 2.24) is 9.88 Å². The largest absolute Gasteiger partial charge is 0.493 e. The van der Waals surface area contributed by atoms with E-state index in [1.807, 2.05) is 43.3 Å². The maximum atomic E-state index is 13.8. The van der Waals surface area contributed by atoms with E-state index in [0.29, 0.717) is 41.2 Å². The summed E-state index contributed by atoms with van der Waals surface area (Å²) < 4.78 is 35.0. The molecule has 8 heteroatoms. The number of sulfone groups is 1. The quantitative estimate of drug-likeness (QED) is 0.522. The molecule has 174 valence electrons. The maximum absolute atomic E-state index is 13.8. The van der Waals surface area contributed by atoms with Crippen molar-refractivity contribution >= 4 is 26.6 Å². The van der Waals surface area contributed by atoms with Crippen LogP contribution in [0.2, 0.25) is 0 Å². The average Bonchev–Trinajstić information content (AvgIpc) is 3.20. The fourth-order valence-electron chi connectivity index (χ4n) is 4.36. The summed E-state index contributed by atoms with van der Waals surface area (Å²) in [5.74, 6) is 1.15. The first kappa shape index (κ1) is 23.0. The molecule has 1 atom stereocenters. The summed E-state index contributed by atoms with van der Waals surface area (Å²) in [5.41, 5.74) is 2.64. The highest BCUT2D eigenvalue weighted by Crippen LogP contribution is 2.33. The first-order chi connectivity index (χ1) is 15.9. The fraction of sp³-hybridized carbons (Fsp3) is 0.360. The summed E-state index contributed by atoms with van der Waals surface area (Å²) in [4.78, 5) is 20.3. The van der Waals surface area contributed by atoms with Crippen LogP contribution in [0.1, 0.15) is 30.1 Å². The molecule has 1 aliphatic rings. The van der Waals surface area contributed by atoms with E-state index >= 15 is 0 Å².